The highest BCUT2D eigenvalue weighted by Gasteiger charge is 2.16. The third-order valence-electron chi connectivity index (χ3n) is 2.38. The molecule has 1 aromatic carbocycles. The molecule has 90 valence electrons. The zero-order valence-electron chi connectivity index (χ0n) is 8.98. The summed E-state index contributed by atoms with van der Waals surface area (Å²) in [4.78, 5) is 0.905. The number of ether oxygens (including phenoxy) is 1. The number of benzene rings is 1. The SMILES string of the molecule is COc1ccc(C(O)c2sccc2Br)cc1Br. The smallest absolute Gasteiger partial charge is 0.133 e. The minimum Gasteiger partial charge on any atom is -0.496 e. The van der Waals surface area contributed by atoms with E-state index in [1.807, 2.05) is 29.6 Å². The monoisotopic (exact) mass is 376 g/mol. The average Bonchev–Trinajstić information content (AvgIpc) is 2.74. The second-order valence-electron chi connectivity index (χ2n) is 3.43. The van der Waals surface area contributed by atoms with Gasteiger partial charge < -0.3 is 9.84 Å². The zero-order chi connectivity index (χ0) is 12.4. The molecule has 0 fully saturated rings. The van der Waals surface area contributed by atoms with Gasteiger partial charge in [-0.2, -0.15) is 0 Å². The maximum absolute atomic E-state index is 10.3. The molecule has 2 nitrogen and oxygen atoms in total. The van der Waals surface area contributed by atoms with Crippen LogP contribution in [-0.2, 0) is 0 Å². The lowest BCUT2D eigenvalue weighted by Crippen LogP contribution is -1.98. The van der Waals surface area contributed by atoms with E-state index >= 15 is 0 Å². The number of hydrogen-bond donors (Lipinski definition) is 1. The van der Waals surface area contributed by atoms with E-state index in [4.69, 9.17) is 4.74 Å². The van der Waals surface area contributed by atoms with Gasteiger partial charge in [-0.05, 0) is 61.0 Å². The third-order valence-corrected chi connectivity index (χ3v) is 4.93. The van der Waals surface area contributed by atoms with Crippen LogP contribution in [0.1, 0.15) is 16.5 Å². The van der Waals surface area contributed by atoms with Crippen molar-refractivity contribution in [2.75, 3.05) is 7.11 Å². The average molecular weight is 378 g/mol. The standard InChI is InChI=1S/C12H10Br2O2S/c1-16-10-3-2-7(6-9(10)14)11(15)12-8(13)4-5-17-12/h2-6,11,15H,1H3. The summed E-state index contributed by atoms with van der Waals surface area (Å²) < 4.78 is 6.93. The van der Waals surface area contributed by atoms with Crippen LogP contribution in [-0.4, -0.2) is 12.2 Å². The lowest BCUT2D eigenvalue weighted by Gasteiger charge is -2.12. The molecule has 2 aromatic rings. The topological polar surface area (TPSA) is 29.5 Å². The van der Waals surface area contributed by atoms with Crippen LogP contribution >= 0.6 is 43.2 Å². The predicted molar refractivity (Wildman–Crippen MR) is 76.8 cm³/mol. The van der Waals surface area contributed by atoms with E-state index in [1.54, 1.807) is 7.11 Å². The molecule has 0 saturated carbocycles. The van der Waals surface area contributed by atoms with E-state index in [1.165, 1.54) is 11.3 Å². The minimum atomic E-state index is -0.619. The first-order valence-electron chi connectivity index (χ1n) is 4.88. The maximum atomic E-state index is 10.3. The summed E-state index contributed by atoms with van der Waals surface area (Å²) in [5, 5.41) is 12.2. The highest BCUT2D eigenvalue weighted by Crippen LogP contribution is 2.35. The molecule has 5 heteroatoms. The normalized spacial score (nSPS) is 12.5. The summed E-state index contributed by atoms with van der Waals surface area (Å²) >= 11 is 8.36. The molecule has 1 unspecified atom stereocenters. The van der Waals surface area contributed by atoms with Crippen molar-refractivity contribution < 1.29 is 9.84 Å². The summed E-state index contributed by atoms with van der Waals surface area (Å²) in [5.41, 5.74) is 0.834. The Bertz CT molecular complexity index is 525. The number of rotatable bonds is 3. The van der Waals surface area contributed by atoms with Crippen LogP contribution in [0.5, 0.6) is 5.75 Å². The highest BCUT2D eigenvalue weighted by molar-refractivity contribution is 9.10. The van der Waals surface area contributed by atoms with Crippen LogP contribution in [0.3, 0.4) is 0 Å². The molecule has 0 saturated heterocycles. The van der Waals surface area contributed by atoms with Gasteiger partial charge in [-0.3, -0.25) is 0 Å². The Morgan fingerprint density at radius 3 is 2.53 bits per heavy atom. The van der Waals surface area contributed by atoms with Crippen molar-refractivity contribution >= 4 is 43.2 Å². The summed E-state index contributed by atoms with van der Waals surface area (Å²) in [5.74, 6) is 0.756. The van der Waals surface area contributed by atoms with E-state index < -0.39 is 6.10 Å². The molecule has 1 N–H and O–H groups in total. The van der Waals surface area contributed by atoms with Gasteiger partial charge in [0, 0.05) is 4.47 Å². The maximum Gasteiger partial charge on any atom is 0.133 e. The van der Waals surface area contributed by atoms with Crippen LogP contribution < -0.4 is 4.74 Å². The Labute approximate surface area is 121 Å². The van der Waals surface area contributed by atoms with Gasteiger partial charge in [-0.15, -0.1) is 11.3 Å². The molecule has 0 bridgehead atoms. The van der Waals surface area contributed by atoms with Crippen LogP contribution in [0, 0.1) is 0 Å². The van der Waals surface area contributed by atoms with Crippen molar-refractivity contribution in [2.24, 2.45) is 0 Å². The number of aliphatic hydroxyl groups excluding tert-OH is 1. The fourth-order valence-corrected chi connectivity index (χ4v) is 3.66. The zero-order valence-corrected chi connectivity index (χ0v) is 13.0. The minimum absolute atomic E-state index is 0.619. The molecule has 1 heterocycles. The van der Waals surface area contributed by atoms with E-state index in [9.17, 15) is 5.11 Å². The van der Waals surface area contributed by atoms with Gasteiger partial charge in [0.05, 0.1) is 16.5 Å². The Kier molecular flexibility index (Phi) is 4.25. The van der Waals surface area contributed by atoms with Crippen molar-refractivity contribution in [2.45, 2.75) is 6.10 Å². The Hall–Kier alpha value is -0.360. The Morgan fingerprint density at radius 1 is 1.24 bits per heavy atom. The van der Waals surface area contributed by atoms with Crippen molar-refractivity contribution in [1.29, 1.82) is 0 Å². The van der Waals surface area contributed by atoms with E-state index in [-0.39, 0.29) is 0 Å². The van der Waals surface area contributed by atoms with Crippen molar-refractivity contribution in [3.63, 3.8) is 0 Å². The van der Waals surface area contributed by atoms with Gasteiger partial charge in [0.25, 0.3) is 0 Å². The lowest BCUT2D eigenvalue weighted by molar-refractivity contribution is 0.223. The molecular formula is C12H10Br2O2S. The van der Waals surface area contributed by atoms with Crippen LogP contribution in [0.2, 0.25) is 0 Å². The Balaban J connectivity index is 2.35. The first kappa shape index (κ1) is 13.1. The number of hydrogen-bond acceptors (Lipinski definition) is 3. The van der Waals surface area contributed by atoms with Gasteiger partial charge in [0.2, 0.25) is 0 Å². The lowest BCUT2D eigenvalue weighted by atomic mass is 10.1. The number of aliphatic hydroxyl groups is 1. The third kappa shape index (κ3) is 2.73. The molecule has 0 radical (unpaired) electrons. The van der Waals surface area contributed by atoms with Crippen molar-refractivity contribution in [1.82, 2.24) is 0 Å². The molecule has 0 aliphatic heterocycles. The number of methoxy groups -OCH3 is 1. The molecule has 17 heavy (non-hydrogen) atoms. The first-order chi connectivity index (χ1) is 8.13. The summed E-state index contributed by atoms with van der Waals surface area (Å²) in [7, 11) is 1.62. The predicted octanol–water partition coefficient (Wildman–Crippen LogP) is 4.36. The van der Waals surface area contributed by atoms with E-state index in [0.29, 0.717) is 0 Å². The summed E-state index contributed by atoms with van der Waals surface area (Å²) in [6.45, 7) is 0. The molecule has 1 atom stereocenters. The fourth-order valence-electron chi connectivity index (χ4n) is 1.50. The second kappa shape index (κ2) is 5.52. The quantitative estimate of drug-likeness (QED) is 0.860. The van der Waals surface area contributed by atoms with Gasteiger partial charge in [-0.1, -0.05) is 6.07 Å². The van der Waals surface area contributed by atoms with Gasteiger partial charge in [0.1, 0.15) is 11.9 Å². The largest absolute Gasteiger partial charge is 0.496 e. The first-order valence-corrected chi connectivity index (χ1v) is 7.34. The van der Waals surface area contributed by atoms with Crippen molar-refractivity contribution in [3.8, 4) is 5.75 Å². The van der Waals surface area contributed by atoms with E-state index in [2.05, 4.69) is 31.9 Å². The van der Waals surface area contributed by atoms with Gasteiger partial charge >= 0.3 is 0 Å². The van der Waals surface area contributed by atoms with Gasteiger partial charge in [-0.25, -0.2) is 0 Å². The molecule has 1 aromatic heterocycles. The van der Waals surface area contributed by atoms with Crippen LogP contribution in [0.25, 0.3) is 0 Å². The molecular weight excluding hydrogens is 368 g/mol. The fraction of sp³-hybridized carbons (Fsp3) is 0.167. The molecule has 2 rings (SSSR count). The summed E-state index contributed by atoms with van der Waals surface area (Å²) in [6.07, 6.45) is -0.619. The molecule has 0 aliphatic rings. The molecule has 0 spiro atoms. The second-order valence-corrected chi connectivity index (χ2v) is 6.09. The number of thiophene rings is 1. The van der Waals surface area contributed by atoms with Crippen molar-refractivity contribution in [3.05, 3.63) is 49.0 Å². The van der Waals surface area contributed by atoms with Crippen LogP contribution in [0.15, 0.2) is 38.6 Å². The highest BCUT2D eigenvalue weighted by atomic mass is 79.9. The molecule has 0 amide bonds. The number of halogens is 2. The summed E-state index contributed by atoms with van der Waals surface area (Å²) in [6, 6.07) is 7.50. The van der Waals surface area contributed by atoms with E-state index in [0.717, 1.165) is 25.1 Å². The Morgan fingerprint density at radius 2 is 2.00 bits per heavy atom. The molecule has 0 aliphatic carbocycles. The van der Waals surface area contributed by atoms with Crippen LogP contribution in [0.4, 0.5) is 0 Å². The van der Waals surface area contributed by atoms with Gasteiger partial charge in [0.15, 0.2) is 0 Å².